The number of carbonyl (C=O) groups excluding carboxylic acids is 3. The quantitative estimate of drug-likeness (QED) is 0.812. The molecule has 0 radical (unpaired) electrons. The number of benzene rings is 1. The molecule has 2 N–H and O–H groups in total. The first kappa shape index (κ1) is 15.6. The average Bonchev–Trinajstić information content (AvgIpc) is 3.24. The van der Waals surface area contributed by atoms with E-state index in [1.165, 1.54) is 0 Å². The minimum Gasteiger partial charge on any atom is -0.464 e. The molecule has 2 aromatic rings. The van der Waals surface area contributed by atoms with Gasteiger partial charge in [0.05, 0.1) is 6.61 Å². The van der Waals surface area contributed by atoms with Crippen molar-refractivity contribution in [1.82, 2.24) is 15.3 Å². The highest BCUT2D eigenvalue weighted by atomic mass is 35.5. The third kappa shape index (κ3) is 2.53. The van der Waals surface area contributed by atoms with E-state index in [9.17, 15) is 14.4 Å². The standard InChI is InChI=1S/C17H12ClN3O4/c18-10-11(19-9-6-7-25-17(9)24)15(23)13-12(14(10)22)20-16(21-13)8-4-2-1-3-5-8/h1-5,9,19H,6-7H2,(H,20,21)/t9-/m0/s1. The van der Waals surface area contributed by atoms with E-state index >= 15 is 0 Å². The fourth-order valence-electron chi connectivity index (χ4n) is 2.81. The molecule has 126 valence electrons. The van der Waals surface area contributed by atoms with Crippen LogP contribution in [0, 0.1) is 0 Å². The first-order valence-electron chi connectivity index (χ1n) is 7.64. The molecule has 7 nitrogen and oxygen atoms in total. The van der Waals surface area contributed by atoms with E-state index in [-0.39, 0.29) is 28.7 Å². The molecule has 0 bridgehead atoms. The second-order valence-corrected chi connectivity index (χ2v) is 6.05. The molecular weight excluding hydrogens is 346 g/mol. The van der Waals surface area contributed by atoms with Crippen molar-refractivity contribution >= 4 is 29.1 Å². The van der Waals surface area contributed by atoms with Crippen molar-refractivity contribution in [3.05, 3.63) is 52.4 Å². The Hall–Kier alpha value is -2.93. The number of H-pyrrole nitrogens is 1. The maximum absolute atomic E-state index is 12.7. The summed E-state index contributed by atoms with van der Waals surface area (Å²) in [7, 11) is 0. The van der Waals surface area contributed by atoms with Crippen LogP contribution in [0.1, 0.15) is 27.4 Å². The molecule has 2 heterocycles. The Kier molecular flexibility index (Phi) is 3.65. The van der Waals surface area contributed by atoms with E-state index in [0.717, 1.165) is 5.56 Å². The number of cyclic esters (lactones) is 1. The number of esters is 1. The summed E-state index contributed by atoms with van der Waals surface area (Å²) in [4.78, 5) is 44.0. The largest absolute Gasteiger partial charge is 0.464 e. The number of hydrogen-bond acceptors (Lipinski definition) is 6. The summed E-state index contributed by atoms with van der Waals surface area (Å²) in [5, 5.41) is 2.47. The zero-order valence-electron chi connectivity index (χ0n) is 12.8. The minimum atomic E-state index is -0.699. The summed E-state index contributed by atoms with van der Waals surface area (Å²) in [5.41, 5.74) is 0.659. The average molecular weight is 358 g/mol. The predicted octanol–water partition coefficient (Wildman–Crippen LogP) is 1.81. The number of nitrogens with zero attached hydrogens (tertiary/aromatic N) is 1. The third-order valence-corrected chi connectivity index (χ3v) is 4.45. The zero-order valence-corrected chi connectivity index (χ0v) is 13.6. The van der Waals surface area contributed by atoms with Gasteiger partial charge in [-0.15, -0.1) is 0 Å². The Morgan fingerprint density at radius 1 is 1.16 bits per heavy atom. The number of imidazole rings is 1. The first-order valence-corrected chi connectivity index (χ1v) is 8.02. The number of hydrogen-bond donors (Lipinski definition) is 2. The molecule has 8 heteroatoms. The van der Waals surface area contributed by atoms with Crippen LogP contribution in [0.5, 0.6) is 0 Å². The van der Waals surface area contributed by atoms with E-state index in [1.54, 1.807) is 0 Å². The lowest BCUT2D eigenvalue weighted by atomic mass is 10.0. The molecule has 1 aliphatic heterocycles. The van der Waals surface area contributed by atoms with Gasteiger partial charge in [-0.25, -0.2) is 9.78 Å². The Balaban J connectivity index is 1.71. The van der Waals surface area contributed by atoms with Crippen molar-refractivity contribution in [2.75, 3.05) is 6.61 Å². The summed E-state index contributed by atoms with van der Waals surface area (Å²) < 4.78 is 4.85. The second-order valence-electron chi connectivity index (χ2n) is 5.68. The van der Waals surface area contributed by atoms with Crippen molar-refractivity contribution < 1.29 is 19.1 Å². The molecule has 25 heavy (non-hydrogen) atoms. The predicted molar refractivity (Wildman–Crippen MR) is 88.1 cm³/mol. The Morgan fingerprint density at radius 2 is 1.92 bits per heavy atom. The van der Waals surface area contributed by atoms with E-state index in [0.29, 0.717) is 12.2 Å². The Bertz CT molecular complexity index is 933. The number of allylic oxidation sites excluding steroid dienone is 2. The van der Waals surface area contributed by atoms with Crippen LogP contribution in [0.2, 0.25) is 0 Å². The van der Waals surface area contributed by atoms with Gasteiger partial charge in [0.25, 0.3) is 0 Å². The molecular formula is C17H12ClN3O4. The Labute approximate surface area is 147 Å². The lowest BCUT2D eigenvalue weighted by molar-refractivity contribution is -0.139. The molecule has 1 aliphatic carbocycles. The molecule has 0 amide bonds. The summed E-state index contributed by atoms with van der Waals surface area (Å²) in [6, 6.07) is 8.41. The van der Waals surface area contributed by atoms with Gasteiger partial charge in [0.15, 0.2) is 0 Å². The number of halogens is 1. The molecule has 1 fully saturated rings. The zero-order chi connectivity index (χ0) is 17.6. The Morgan fingerprint density at radius 3 is 2.60 bits per heavy atom. The molecule has 0 unspecified atom stereocenters. The monoisotopic (exact) mass is 357 g/mol. The fourth-order valence-corrected chi connectivity index (χ4v) is 3.04. The topological polar surface area (TPSA) is 101 Å². The number of carbonyl (C=O) groups is 3. The number of rotatable bonds is 3. The molecule has 4 rings (SSSR count). The highest BCUT2D eigenvalue weighted by Crippen LogP contribution is 2.29. The van der Waals surface area contributed by atoms with Crippen LogP contribution in [-0.4, -0.2) is 40.2 Å². The molecule has 1 saturated heterocycles. The SMILES string of the molecule is O=C1C(N[C@H]2CCOC2=O)=C(Cl)C(=O)c2[nH]c(-c3ccccc3)nc21. The molecule has 2 aliphatic rings. The van der Waals surface area contributed by atoms with Gasteiger partial charge in [0, 0.05) is 12.0 Å². The summed E-state index contributed by atoms with van der Waals surface area (Å²) >= 11 is 6.08. The van der Waals surface area contributed by atoms with Gasteiger partial charge in [-0.3, -0.25) is 9.59 Å². The summed E-state index contributed by atoms with van der Waals surface area (Å²) in [6.45, 7) is 0.259. The summed E-state index contributed by atoms with van der Waals surface area (Å²) in [6.07, 6.45) is 0.399. The van der Waals surface area contributed by atoms with Gasteiger partial charge >= 0.3 is 5.97 Å². The summed E-state index contributed by atoms with van der Waals surface area (Å²) in [5.74, 6) is -1.15. The maximum Gasteiger partial charge on any atom is 0.328 e. The molecule has 1 aromatic carbocycles. The number of Topliss-reactive ketones (excluding diaryl/α,β-unsaturated/α-hetero) is 2. The number of fused-ring (bicyclic) bond motifs is 1. The van der Waals surface area contributed by atoms with Crippen LogP contribution in [0.4, 0.5) is 0 Å². The van der Waals surface area contributed by atoms with Gasteiger partial charge in [0.2, 0.25) is 11.6 Å². The first-order chi connectivity index (χ1) is 12.1. The van der Waals surface area contributed by atoms with Crippen molar-refractivity contribution in [3.8, 4) is 11.4 Å². The number of nitrogens with one attached hydrogen (secondary N) is 2. The van der Waals surface area contributed by atoms with Crippen LogP contribution in [0.15, 0.2) is 41.1 Å². The van der Waals surface area contributed by atoms with E-state index in [4.69, 9.17) is 16.3 Å². The van der Waals surface area contributed by atoms with Crippen LogP contribution >= 0.6 is 11.6 Å². The van der Waals surface area contributed by atoms with Gasteiger partial charge in [0.1, 0.15) is 34.0 Å². The highest BCUT2D eigenvalue weighted by Gasteiger charge is 2.38. The number of aromatic amines is 1. The van der Waals surface area contributed by atoms with Crippen LogP contribution < -0.4 is 5.32 Å². The van der Waals surface area contributed by atoms with Crippen LogP contribution in [-0.2, 0) is 9.53 Å². The highest BCUT2D eigenvalue weighted by molar-refractivity contribution is 6.49. The van der Waals surface area contributed by atoms with Gasteiger partial charge < -0.3 is 15.0 Å². The molecule has 0 spiro atoms. The van der Waals surface area contributed by atoms with Gasteiger partial charge in [-0.2, -0.15) is 0 Å². The molecule has 1 atom stereocenters. The van der Waals surface area contributed by atoms with Crippen molar-refractivity contribution in [3.63, 3.8) is 0 Å². The molecule has 1 aromatic heterocycles. The second kappa shape index (κ2) is 5.86. The fraction of sp³-hybridized carbons (Fsp3) is 0.176. The van der Waals surface area contributed by atoms with E-state index in [2.05, 4.69) is 15.3 Å². The van der Waals surface area contributed by atoms with E-state index in [1.807, 2.05) is 30.3 Å². The van der Waals surface area contributed by atoms with Crippen molar-refractivity contribution in [2.24, 2.45) is 0 Å². The van der Waals surface area contributed by atoms with Gasteiger partial charge in [-0.1, -0.05) is 41.9 Å². The normalized spacial score (nSPS) is 19.9. The number of ketones is 2. The van der Waals surface area contributed by atoms with Crippen molar-refractivity contribution in [2.45, 2.75) is 12.5 Å². The van der Waals surface area contributed by atoms with Crippen molar-refractivity contribution in [1.29, 1.82) is 0 Å². The maximum atomic E-state index is 12.7. The lowest BCUT2D eigenvalue weighted by Crippen LogP contribution is -2.38. The van der Waals surface area contributed by atoms with E-state index < -0.39 is 23.6 Å². The smallest absolute Gasteiger partial charge is 0.328 e. The molecule has 0 saturated carbocycles. The number of aromatic nitrogens is 2. The third-order valence-electron chi connectivity index (χ3n) is 4.09. The minimum absolute atomic E-state index is 0.0119. The van der Waals surface area contributed by atoms with Crippen LogP contribution in [0.25, 0.3) is 11.4 Å². The lowest BCUT2D eigenvalue weighted by Gasteiger charge is -2.17. The number of ether oxygens (including phenoxy) is 1. The van der Waals surface area contributed by atoms with Crippen LogP contribution in [0.3, 0.4) is 0 Å². The van der Waals surface area contributed by atoms with Gasteiger partial charge in [-0.05, 0) is 0 Å².